The third-order valence-corrected chi connectivity index (χ3v) is 3.32. The monoisotopic (exact) mass is 257 g/mol. The van der Waals surface area contributed by atoms with Crippen LogP contribution in [-0.2, 0) is 4.79 Å². The summed E-state index contributed by atoms with van der Waals surface area (Å²) in [7, 11) is 0. The summed E-state index contributed by atoms with van der Waals surface area (Å²) < 4.78 is 35.5. The van der Waals surface area contributed by atoms with Crippen LogP contribution in [0.2, 0.25) is 0 Å². The van der Waals surface area contributed by atoms with Crippen molar-refractivity contribution in [1.29, 1.82) is 0 Å². The number of piperidine rings is 1. The van der Waals surface area contributed by atoms with Gasteiger partial charge >= 0.3 is 11.5 Å². The van der Waals surface area contributed by atoms with Gasteiger partial charge in [0.05, 0.1) is 5.92 Å². The van der Waals surface area contributed by atoms with Crippen molar-refractivity contribution in [3.8, 4) is 0 Å². The number of carbonyl (C=O) groups is 1. The van der Waals surface area contributed by atoms with Gasteiger partial charge in [-0.25, -0.2) is 0 Å². The predicted octanol–water partition coefficient (Wildman–Crippen LogP) is 2.04. The molecule has 16 heavy (non-hydrogen) atoms. The Bertz CT molecular complexity index is 239. The van der Waals surface area contributed by atoms with E-state index in [1.807, 2.05) is 4.90 Å². The number of carboxylic acids is 1. The van der Waals surface area contributed by atoms with E-state index in [2.05, 4.69) is 0 Å². The lowest BCUT2D eigenvalue weighted by Gasteiger charge is -2.29. The second-order valence-corrected chi connectivity index (χ2v) is 4.91. The van der Waals surface area contributed by atoms with E-state index in [1.165, 1.54) is 0 Å². The van der Waals surface area contributed by atoms with Gasteiger partial charge in [-0.3, -0.25) is 4.79 Å². The van der Waals surface area contributed by atoms with Gasteiger partial charge in [-0.1, -0.05) is 0 Å². The summed E-state index contributed by atoms with van der Waals surface area (Å²) in [6, 6.07) is 0. The Kier molecular flexibility index (Phi) is 4.91. The van der Waals surface area contributed by atoms with E-state index >= 15 is 0 Å². The van der Waals surface area contributed by atoms with E-state index in [-0.39, 0.29) is 23.4 Å². The van der Waals surface area contributed by atoms with Crippen LogP contribution in [-0.4, -0.2) is 46.9 Å². The molecule has 0 unspecified atom stereocenters. The quantitative estimate of drug-likeness (QED) is 0.836. The topological polar surface area (TPSA) is 40.5 Å². The van der Waals surface area contributed by atoms with Crippen LogP contribution in [0.5, 0.6) is 0 Å². The molecule has 7 heteroatoms. The van der Waals surface area contributed by atoms with Crippen LogP contribution in [0.15, 0.2) is 0 Å². The molecular weight excluding hydrogens is 243 g/mol. The second-order valence-electron chi connectivity index (χ2n) is 3.75. The Morgan fingerprint density at radius 1 is 1.38 bits per heavy atom. The fourth-order valence-corrected chi connectivity index (χ4v) is 2.27. The van der Waals surface area contributed by atoms with Crippen molar-refractivity contribution < 1.29 is 23.1 Å². The fraction of sp³-hybridized carbons (Fsp3) is 0.889. The zero-order valence-corrected chi connectivity index (χ0v) is 9.48. The van der Waals surface area contributed by atoms with Gasteiger partial charge in [-0.2, -0.15) is 13.2 Å². The first kappa shape index (κ1) is 13.6. The minimum atomic E-state index is -4.17. The van der Waals surface area contributed by atoms with E-state index in [4.69, 9.17) is 5.11 Å². The van der Waals surface area contributed by atoms with Crippen molar-refractivity contribution in [3.63, 3.8) is 0 Å². The average molecular weight is 257 g/mol. The zero-order chi connectivity index (χ0) is 12.2. The summed E-state index contributed by atoms with van der Waals surface area (Å²) in [5.41, 5.74) is -4.17. The molecule has 0 saturated carbocycles. The summed E-state index contributed by atoms with van der Waals surface area (Å²) in [5.74, 6) is -1.11. The number of hydrogen-bond acceptors (Lipinski definition) is 3. The molecule has 0 aliphatic carbocycles. The van der Waals surface area contributed by atoms with Gasteiger partial charge in [-0.05, 0) is 37.7 Å². The molecule has 3 nitrogen and oxygen atoms in total. The Hall–Kier alpha value is -0.430. The molecule has 1 heterocycles. The molecule has 0 bridgehead atoms. The average Bonchev–Trinajstić information content (AvgIpc) is 2.16. The molecule has 1 N–H and O–H groups in total. The number of rotatable bonds is 4. The lowest BCUT2D eigenvalue weighted by molar-refractivity contribution is -0.143. The van der Waals surface area contributed by atoms with E-state index in [1.54, 1.807) is 0 Å². The molecule has 1 fully saturated rings. The minimum absolute atomic E-state index is 0.0151. The van der Waals surface area contributed by atoms with Gasteiger partial charge in [0.15, 0.2) is 0 Å². The Morgan fingerprint density at radius 2 is 1.94 bits per heavy atom. The molecule has 0 aromatic heterocycles. The van der Waals surface area contributed by atoms with Gasteiger partial charge < -0.3 is 10.0 Å². The first-order valence-electron chi connectivity index (χ1n) is 5.04. The number of nitrogens with zero attached hydrogens (tertiary/aromatic N) is 1. The number of halogens is 3. The van der Waals surface area contributed by atoms with Crippen LogP contribution < -0.4 is 0 Å². The van der Waals surface area contributed by atoms with Crippen LogP contribution in [0.1, 0.15) is 12.8 Å². The lowest BCUT2D eigenvalue weighted by Crippen LogP contribution is -2.37. The molecule has 0 aromatic rings. The van der Waals surface area contributed by atoms with Gasteiger partial charge in [-0.15, -0.1) is 0 Å². The number of alkyl halides is 3. The molecule has 0 aromatic carbocycles. The third kappa shape index (κ3) is 5.07. The predicted molar refractivity (Wildman–Crippen MR) is 55.3 cm³/mol. The number of hydrogen-bond donors (Lipinski definition) is 1. The maximum absolute atomic E-state index is 11.8. The number of aliphatic carboxylic acids is 1. The third-order valence-electron chi connectivity index (χ3n) is 2.61. The molecule has 1 rings (SSSR count). The SMILES string of the molecule is O=C(O)C1CCN(CCSC(F)(F)F)CC1. The summed E-state index contributed by atoms with van der Waals surface area (Å²) in [4.78, 5) is 12.5. The Labute approximate surface area is 96.0 Å². The van der Waals surface area contributed by atoms with Crippen LogP contribution >= 0.6 is 11.8 Å². The van der Waals surface area contributed by atoms with Crippen molar-refractivity contribution in [2.24, 2.45) is 5.92 Å². The highest BCUT2D eigenvalue weighted by atomic mass is 32.2. The largest absolute Gasteiger partial charge is 0.481 e. The molecular formula is C9H14F3NO2S. The van der Waals surface area contributed by atoms with Crippen molar-refractivity contribution >= 4 is 17.7 Å². The summed E-state index contributed by atoms with van der Waals surface area (Å²) in [6.45, 7) is 1.53. The standard InChI is InChI=1S/C9H14F3NO2S/c10-9(11,12)16-6-5-13-3-1-7(2-4-13)8(14)15/h7H,1-6H2,(H,14,15). The minimum Gasteiger partial charge on any atom is -0.481 e. The molecule has 94 valence electrons. The van der Waals surface area contributed by atoms with E-state index in [9.17, 15) is 18.0 Å². The van der Waals surface area contributed by atoms with Crippen LogP contribution in [0.3, 0.4) is 0 Å². The second kappa shape index (κ2) is 5.77. The molecule has 0 spiro atoms. The van der Waals surface area contributed by atoms with Crippen molar-refractivity contribution in [2.75, 3.05) is 25.4 Å². The summed E-state index contributed by atoms with van der Waals surface area (Å²) in [5, 5.41) is 8.74. The highest BCUT2D eigenvalue weighted by Crippen LogP contribution is 2.30. The Balaban J connectivity index is 2.15. The fourth-order valence-electron chi connectivity index (χ4n) is 1.69. The molecule has 0 amide bonds. The van der Waals surface area contributed by atoms with Gasteiger partial charge in [0.25, 0.3) is 0 Å². The zero-order valence-electron chi connectivity index (χ0n) is 8.66. The number of carboxylic acid groups (broad SMARTS) is 1. The normalized spacial score (nSPS) is 19.9. The Morgan fingerprint density at radius 3 is 2.38 bits per heavy atom. The highest BCUT2D eigenvalue weighted by molar-refractivity contribution is 8.00. The van der Waals surface area contributed by atoms with E-state index < -0.39 is 11.5 Å². The number of likely N-dealkylation sites (tertiary alicyclic amines) is 1. The van der Waals surface area contributed by atoms with Gasteiger partial charge in [0, 0.05) is 12.3 Å². The first-order valence-corrected chi connectivity index (χ1v) is 6.03. The highest BCUT2D eigenvalue weighted by Gasteiger charge is 2.29. The molecule has 1 saturated heterocycles. The van der Waals surface area contributed by atoms with E-state index in [0.29, 0.717) is 32.5 Å². The smallest absolute Gasteiger partial charge is 0.441 e. The van der Waals surface area contributed by atoms with Crippen molar-refractivity contribution in [1.82, 2.24) is 4.90 Å². The van der Waals surface area contributed by atoms with Crippen molar-refractivity contribution in [2.45, 2.75) is 18.3 Å². The van der Waals surface area contributed by atoms with Gasteiger partial charge in [0.1, 0.15) is 0 Å². The van der Waals surface area contributed by atoms with Crippen LogP contribution in [0.25, 0.3) is 0 Å². The molecule has 0 atom stereocenters. The summed E-state index contributed by atoms with van der Waals surface area (Å²) >= 11 is -0.0237. The summed E-state index contributed by atoms with van der Waals surface area (Å²) in [6.07, 6.45) is 1.07. The molecule has 1 aliphatic rings. The van der Waals surface area contributed by atoms with Crippen molar-refractivity contribution in [3.05, 3.63) is 0 Å². The lowest BCUT2D eigenvalue weighted by atomic mass is 9.97. The molecule has 0 radical (unpaired) electrons. The number of thioether (sulfide) groups is 1. The van der Waals surface area contributed by atoms with Crippen LogP contribution in [0, 0.1) is 5.92 Å². The maximum atomic E-state index is 11.8. The first-order chi connectivity index (χ1) is 7.38. The van der Waals surface area contributed by atoms with Crippen LogP contribution in [0.4, 0.5) is 13.2 Å². The van der Waals surface area contributed by atoms with E-state index in [0.717, 1.165) is 0 Å². The maximum Gasteiger partial charge on any atom is 0.441 e. The molecule has 1 aliphatic heterocycles. The van der Waals surface area contributed by atoms with Gasteiger partial charge in [0.2, 0.25) is 0 Å².